The number of halogens is 1. The fraction of sp³-hybridized carbons (Fsp3) is 0.478. The van der Waals surface area contributed by atoms with Crippen LogP contribution in [0.15, 0.2) is 41.7 Å². The third kappa shape index (κ3) is 6.23. The predicted molar refractivity (Wildman–Crippen MR) is 133 cm³/mol. The summed E-state index contributed by atoms with van der Waals surface area (Å²) in [5.74, 6) is 3.11. The fourth-order valence-electron chi connectivity index (χ4n) is 3.78. The molecule has 0 radical (unpaired) electrons. The lowest BCUT2D eigenvalue weighted by Crippen LogP contribution is -2.40. The minimum Gasteiger partial charge on any atom is -0.497 e. The van der Waals surface area contributed by atoms with E-state index in [2.05, 4.69) is 47.2 Å². The van der Waals surface area contributed by atoms with Crippen molar-refractivity contribution in [1.29, 1.82) is 0 Å². The van der Waals surface area contributed by atoms with Gasteiger partial charge in [-0.25, -0.2) is 0 Å². The average Bonchev–Trinajstić information content (AvgIpc) is 3.24. The Bertz CT molecular complexity index is 821. The van der Waals surface area contributed by atoms with Crippen LogP contribution in [0.4, 0.5) is 0 Å². The van der Waals surface area contributed by atoms with E-state index in [1.54, 1.807) is 14.2 Å². The number of aromatic nitrogens is 1. The Balaban J connectivity index is 0.00000320. The average molecular weight is 524 g/mol. The molecule has 0 saturated carbocycles. The summed E-state index contributed by atoms with van der Waals surface area (Å²) in [4.78, 5) is 11.4. The van der Waals surface area contributed by atoms with Crippen molar-refractivity contribution in [3.8, 4) is 11.5 Å². The van der Waals surface area contributed by atoms with Crippen molar-refractivity contribution in [1.82, 2.24) is 15.2 Å². The molecule has 2 aromatic rings. The van der Waals surface area contributed by atoms with Gasteiger partial charge >= 0.3 is 0 Å². The topological polar surface area (TPSA) is 59.0 Å². The van der Waals surface area contributed by atoms with E-state index in [0.717, 1.165) is 56.5 Å². The predicted octanol–water partition coefficient (Wildman–Crippen LogP) is 4.02. The van der Waals surface area contributed by atoms with Crippen LogP contribution in [0.25, 0.3) is 0 Å². The minimum absolute atomic E-state index is 0. The van der Waals surface area contributed by atoms with Crippen molar-refractivity contribution in [2.75, 3.05) is 40.4 Å². The molecule has 1 aromatic heterocycles. The second-order valence-electron chi connectivity index (χ2n) is 7.37. The molecule has 30 heavy (non-hydrogen) atoms. The molecule has 0 aliphatic carbocycles. The number of ether oxygens (including phenoxy) is 2. The third-order valence-electron chi connectivity index (χ3n) is 5.45. The van der Waals surface area contributed by atoms with E-state index >= 15 is 0 Å². The molecule has 1 unspecified atom stereocenters. The second-order valence-corrected chi connectivity index (χ2v) is 7.37. The van der Waals surface area contributed by atoms with Gasteiger partial charge in [-0.15, -0.1) is 24.0 Å². The van der Waals surface area contributed by atoms with Gasteiger partial charge in [-0.2, -0.15) is 0 Å². The molecule has 1 aromatic carbocycles. The van der Waals surface area contributed by atoms with Gasteiger partial charge in [0.25, 0.3) is 0 Å². The molecule has 2 heterocycles. The number of aryl methyl sites for hydroxylation is 1. The van der Waals surface area contributed by atoms with Crippen molar-refractivity contribution in [2.24, 2.45) is 4.99 Å². The Labute approximate surface area is 197 Å². The van der Waals surface area contributed by atoms with Gasteiger partial charge in [-0.1, -0.05) is 0 Å². The molecule has 1 fully saturated rings. The first-order chi connectivity index (χ1) is 14.1. The van der Waals surface area contributed by atoms with Gasteiger partial charge in [0.2, 0.25) is 0 Å². The van der Waals surface area contributed by atoms with Crippen molar-refractivity contribution in [3.63, 3.8) is 0 Å². The van der Waals surface area contributed by atoms with E-state index < -0.39 is 0 Å². The van der Waals surface area contributed by atoms with Crippen molar-refractivity contribution in [2.45, 2.75) is 32.6 Å². The van der Waals surface area contributed by atoms with Crippen LogP contribution in [0, 0.1) is 6.92 Å². The van der Waals surface area contributed by atoms with Gasteiger partial charge in [0.15, 0.2) is 5.96 Å². The van der Waals surface area contributed by atoms with Crippen LogP contribution in [-0.2, 0) is 6.42 Å². The third-order valence-corrected chi connectivity index (χ3v) is 5.45. The van der Waals surface area contributed by atoms with Gasteiger partial charge in [0, 0.05) is 50.6 Å². The van der Waals surface area contributed by atoms with E-state index in [-0.39, 0.29) is 24.0 Å². The molecule has 164 valence electrons. The van der Waals surface area contributed by atoms with Crippen LogP contribution in [0.3, 0.4) is 0 Å². The highest BCUT2D eigenvalue weighted by atomic mass is 127. The van der Waals surface area contributed by atoms with Crippen LogP contribution < -0.4 is 14.8 Å². The van der Waals surface area contributed by atoms with Gasteiger partial charge in [-0.3, -0.25) is 9.98 Å². The molecule has 3 rings (SSSR count). The van der Waals surface area contributed by atoms with Gasteiger partial charge in [0.05, 0.1) is 14.2 Å². The maximum Gasteiger partial charge on any atom is 0.193 e. The Morgan fingerprint density at radius 1 is 1.23 bits per heavy atom. The highest BCUT2D eigenvalue weighted by Crippen LogP contribution is 2.32. The fourth-order valence-corrected chi connectivity index (χ4v) is 3.78. The molecular formula is C23H33IN4O2. The van der Waals surface area contributed by atoms with Crippen LogP contribution in [0.5, 0.6) is 11.5 Å². The first kappa shape index (κ1) is 24.2. The Morgan fingerprint density at radius 2 is 1.97 bits per heavy atom. The van der Waals surface area contributed by atoms with Crippen LogP contribution in [0.2, 0.25) is 0 Å². The van der Waals surface area contributed by atoms with Crippen LogP contribution in [0.1, 0.15) is 36.0 Å². The first-order valence-corrected chi connectivity index (χ1v) is 10.3. The molecular weight excluding hydrogens is 491 g/mol. The number of hydrogen-bond donors (Lipinski definition) is 1. The van der Waals surface area contributed by atoms with Crippen molar-refractivity contribution < 1.29 is 9.47 Å². The number of guanidine groups is 1. The monoisotopic (exact) mass is 524 g/mol. The van der Waals surface area contributed by atoms with E-state index in [0.29, 0.717) is 5.92 Å². The summed E-state index contributed by atoms with van der Waals surface area (Å²) in [6.45, 7) is 7.77. The lowest BCUT2D eigenvalue weighted by atomic mass is 9.98. The largest absolute Gasteiger partial charge is 0.497 e. The molecule has 1 aliphatic rings. The van der Waals surface area contributed by atoms with E-state index in [4.69, 9.17) is 14.5 Å². The normalized spacial score (nSPS) is 16.2. The summed E-state index contributed by atoms with van der Waals surface area (Å²) in [6.07, 6.45) is 5.78. The number of pyridine rings is 1. The van der Waals surface area contributed by atoms with Gasteiger partial charge in [-0.05, 0) is 61.6 Å². The maximum atomic E-state index is 5.44. The number of nitrogens with one attached hydrogen (secondary N) is 1. The zero-order valence-electron chi connectivity index (χ0n) is 18.4. The smallest absolute Gasteiger partial charge is 0.193 e. The van der Waals surface area contributed by atoms with E-state index in [1.165, 1.54) is 16.7 Å². The Hall–Kier alpha value is -2.03. The number of hydrogen-bond acceptors (Lipinski definition) is 4. The summed E-state index contributed by atoms with van der Waals surface area (Å²) in [6, 6.07) is 8.24. The quantitative estimate of drug-likeness (QED) is 0.337. The van der Waals surface area contributed by atoms with Gasteiger partial charge < -0.3 is 19.7 Å². The molecule has 0 bridgehead atoms. The number of methoxy groups -OCH3 is 2. The summed E-state index contributed by atoms with van der Waals surface area (Å²) >= 11 is 0. The number of aliphatic imine (C=N–C) groups is 1. The summed E-state index contributed by atoms with van der Waals surface area (Å²) < 4.78 is 10.9. The minimum atomic E-state index is 0. The Morgan fingerprint density at radius 3 is 2.60 bits per heavy atom. The van der Waals surface area contributed by atoms with Gasteiger partial charge in [0.1, 0.15) is 11.5 Å². The highest BCUT2D eigenvalue weighted by molar-refractivity contribution is 14.0. The lowest BCUT2D eigenvalue weighted by Gasteiger charge is -2.22. The number of nitrogens with zero attached hydrogens (tertiary/aromatic N) is 3. The Kier molecular flexibility index (Phi) is 9.68. The maximum absolute atomic E-state index is 5.44. The first-order valence-electron chi connectivity index (χ1n) is 10.3. The number of rotatable bonds is 7. The summed E-state index contributed by atoms with van der Waals surface area (Å²) in [5.41, 5.74) is 3.79. The standard InChI is InChI=1S/C23H32N4O2.HI/c1-5-25-23(26-10-7-18-6-9-24-15-17(18)2)27-11-8-19(16-27)20-12-21(28-3)14-22(13-20)29-4;/h6,9,12-15,19H,5,7-8,10-11,16H2,1-4H3,(H,25,26);1H. The zero-order valence-corrected chi connectivity index (χ0v) is 20.7. The van der Waals surface area contributed by atoms with Crippen molar-refractivity contribution in [3.05, 3.63) is 53.3 Å². The van der Waals surface area contributed by atoms with Crippen LogP contribution >= 0.6 is 24.0 Å². The SMILES string of the molecule is CCNC(=NCCc1ccncc1C)N1CCC(c2cc(OC)cc(OC)c2)C1.I. The molecule has 0 spiro atoms. The molecule has 0 amide bonds. The lowest BCUT2D eigenvalue weighted by molar-refractivity contribution is 0.392. The zero-order chi connectivity index (χ0) is 20.6. The summed E-state index contributed by atoms with van der Waals surface area (Å²) in [7, 11) is 3.39. The highest BCUT2D eigenvalue weighted by Gasteiger charge is 2.26. The van der Waals surface area contributed by atoms with E-state index in [9.17, 15) is 0 Å². The molecule has 1 aliphatic heterocycles. The van der Waals surface area contributed by atoms with E-state index in [1.807, 2.05) is 18.5 Å². The molecule has 6 nitrogen and oxygen atoms in total. The number of likely N-dealkylation sites (tertiary alicyclic amines) is 1. The number of benzene rings is 1. The molecule has 7 heteroatoms. The van der Waals surface area contributed by atoms with Crippen molar-refractivity contribution >= 4 is 29.9 Å². The molecule has 1 N–H and O–H groups in total. The second kappa shape index (κ2) is 12.0. The molecule has 1 atom stereocenters. The molecule has 1 saturated heterocycles. The van der Waals surface area contributed by atoms with Crippen LogP contribution in [-0.4, -0.2) is 56.2 Å². The summed E-state index contributed by atoms with van der Waals surface area (Å²) in [5, 5.41) is 3.46.